The molecule has 2 rings (SSSR count). The number of hydrogen-bond acceptors (Lipinski definition) is 4. The predicted octanol–water partition coefficient (Wildman–Crippen LogP) is 2.11. The Balaban J connectivity index is 1.62. The molecule has 0 aliphatic heterocycles. The summed E-state index contributed by atoms with van der Waals surface area (Å²) in [7, 11) is 0. The predicted molar refractivity (Wildman–Crippen MR) is 87.1 cm³/mol. The molecule has 0 aliphatic carbocycles. The molecular formula is C18H17FN2O3. The number of pyridine rings is 1. The lowest BCUT2D eigenvalue weighted by Crippen LogP contribution is -2.29. The second kappa shape index (κ2) is 9.16. The first-order valence-corrected chi connectivity index (χ1v) is 7.30. The van der Waals surface area contributed by atoms with Crippen molar-refractivity contribution < 1.29 is 18.7 Å². The number of nitrogens with one attached hydrogen (secondary N) is 1. The minimum Gasteiger partial charge on any atom is -0.481 e. The van der Waals surface area contributed by atoms with Gasteiger partial charge in [-0.15, -0.1) is 0 Å². The van der Waals surface area contributed by atoms with Gasteiger partial charge >= 0.3 is 0 Å². The number of benzene rings is 1. The van der Waals surface area contributed by atoms with Crippen LogP contribution in [-0.4, -0.2) is 30.6 Å². The Morgan fingerprint density at radius 3 is 2.79 bits per heavy atom. The summed E-state index contributed by atoms with van der Waals surface area (Å²) in [6, 6.07) is 9.56. The molecule has 24 heavy (non-hydrogen) atoms. The van der Waals surface area contributed by atoms with E-state index in [1.807, 2.05) is 19.1 Å². The van der Waals surface area contributed by atoms with Gasteiger partial charge in [0.1, 0.15) is 12.4 Å². The first kappa shape index (κ1) is 17.3. The zero-order valence-electron chi connectivity index (χ0n) is 13.2. The van der Waals surface area contributed by atoms with Crippen LogP contribution in [0.5, 0.6) is 11.5 Å². The van der Waals surface area contributed by atoms with Crippen LogP contribution >= 0.6 is 0 Å². The van der Waals surface area contributed by atoms with Crippen LogP contribution < -0.4 is 14.8 Å². The molecule has 1 aromatic heterocycles. The molecule has 0 radical (unpaired) electrons. The SMILES string of the molecule is Cc1ccc(OCC#CCNC(=O)COc2ccccc2F)cn1. The fraction of sp³-hybridized carbons (Fsp3) is 0.222. The van der Waals surface area contributed by atoms with Crippen LogP contribution in [0.1, 0.15) is 5.69 Å². The Morgan fingerprint density at radius 2 is 2.04 bits per heavy atom. The fourth-order valence-corrected chi connectivity index (χ4v) is 1.67. The molecule has 0 saturated carbocycles. The van der Waals surface area contributed by atoms with Crippen molar-refractivity contribution in [1.82, 2.24) is 10.3 Å². The summed E-state index contributed by atoms with van der Waals surface area (Å²) in [6.07, 6.45) is 1.62. The molecule has 1 amide bonds. The standard InChI is InChI=1S/C18H17FN2O3/c1-14-8-9-15(12-21-14)23-11-5-4-10-20-18(22)13-24-17-7-3-2-6-16(17)19/h2-3,6-9,12H,10-11,13H2,1H3,(H,20,22). The largest absolute Gasteiger partial charge is 0.481 e. The summed E-state index contributed by atoms with van der Waals surface area (Å²) in [6.45, 7) is 1.98. The molecule has 6 heteroatoms. The Bertz CT molecular complexity index is 736. The molecule has 0 saturated heterocycles. The third-order valence-corrected chi connectivity index (χ3v) is 2.89. The van der Waals surface area contributed by atoms with Crippen molar-refractivity contribution in [2.24, 2.45) is 0 Å². The highest BCUT2D eigenvalue weighted by Gasteiger charge is 2.04. The maximum absolute atomic E-state index is 13.3. The number of carbonyl (C=O) groups is 1. The van der Waals surface area contributed by atoms with E-state index in [0.717, 1.165) is 5.69 Å². The lowest BCUT2D eigenvalue weighted by molar-refractivity contribution is -0.122. The molecule has 1 heterocycles. The number of aryl methyl sites for hydroxylation is 1. The Morgan fingerprint density at radius 1 is 1.21 bits per heavy atom. The molecule has 1 N–H and O–H groups in total. The van der Waals surface area contributed by atoms with Crippen molar-refractivity contribution in [3.8, 4) is 23.3 Å². The molecule has 0 fully saturated rings. The van der Waals surface area contributed by atoms with Crippen molar-refractivity contribution in [1.29, 1.82) is 0 Å². The van der Waals surface area contributed by atoms with E-state index in [2.05, 4.69) is 22.1 Å². The van der Waals surface area contributed by atoms with Crippen molar-refractivity contribution in [2.45, 2.75) is 6.92 Å². The van der Waals surface area contributed by atoms with E-state index in [-0.39, 0.29) is 31.4 Å². The van der Waals surface area contributed by atoms with Gasteiger partial charge in [0, 0.05) is 5.69 Å². The summed E-state index contributed by atoms with van der Waals surface area (Å²) in [5.74, 6) is 5.31. The molecule has 1 aromatic carbocycles. The number of para-hydroxylation sites is 1. The molecule has 5 nitrogen and oxygen atoms in total. The van der Waals surface area contributed by atoms with Gasteiger partial charge in [-0.25, -0.2) is 4.39 Å². The van der Waals surface area contributed by atoms with Crippen molar-refractivity contribution in [3.63, 3.8) is 0 Å². The zero-order chi connectivity index (χ0) is 17.2. The van der Waals surface area contributed by atoms with E-state index in [9.17, 15) is 9.18 Å². The van der Waals surface area contributed by atoms with Crippen molar-refractivity contribution >= 4 is 5.91 Å². The summed E-state index contributed by atoms with van der Waals surface area (Å²) in [4.78, 5) is 15.6. The van der Waals surface area contributed by atoms with Gasteiger partial charge in [0.25, 0.3) is 5.91 Å². The lowest BCUT2D eigenvalue weighted by Gasteiger charge is -2.06. The second-order valence-corrected chi connectivity index (χ2v) is 4.77. The highest BCUT2D eigenvalue weighted by atomic mass is 19.1. The highest BCUT2D eigenvalue weighted by molar-refractivity contribution is 5.77. The van der Waals surface area contributed by atoms with Crippen LogP contribution in [0.3, 0.4) is 0 Å². The normalized spacial score (nSPS) is 9.58. The Hall–Kier alpha value is -3.07. The van der Waals surface area contributed by atoms with E-state index in [0.29, 0.717) is 5.75 Å². The molecule has 2 aromatic rings. The number of hydrogen-bond donors (Lipinski definition) is 1. The zero-order valence-corrected chi connectivity index (χ0v) is 13.2. The van der Waals surface area contributed by atoms with Crippen molar-refractivity contribution in [3.05, 3.63) is 54.1 Å². The number of amides is 1. The summed E-state index contributed by atoms with van der Waals surface area (Å²) >= 11 is 0. The molecular weight excluding hydrogens is 311 g/mol. The average molecular weight is 328 g/mol. The van der Waals surface area contributed by atoms with Gasteiger partial charge in [-0.05, 0) is 31.2 Å². The summed E-state index contributed by atoms with van der Waals surface area (Å²) in [5.41, 5.74) is 0.911. The quantitative estimate of drug-likeness (QED) is 0.825. The van der Waals surface area contributed by atoms with Crippen LogP contribution in [0.4, 0.5) is 4.39 Å². The second-order valence-electron chi connectivity index (χ2n) is 4.77. The van der Waals surface area contributed by atoms with Gasteiger partial charge in [-0.1, -0.05) is 24.0 Å². The maximum Gasteiger partial charge on any atom is 0.258 e. The summed E-state index contributed by atoms with van der Waals surface area (Å²) < 4.78 is 23.7. The number of rotatable bonds is 6. The topological polar surface area (TPSA) is 60.5 Å². The van der Waals surface area contributed by atoms with Gasteiger partial charge in [-0.2, -0.15) is 0 Å². The first-order valence-electron chi connectivity index (χ1n) is 7.30. The molecule has 124 valence electrons. The number of aromatic nitrogens is 1. The fourth-order valence-electron chi connectivity index (χ4n) is 1.67. The third-order valence-electron chi connectivity index (χ3n) is 2.89. The Labute approximate surface area is 139 Å². The van der Waals surface area contributed by atoms with Crippen LogP contribution in [-0.2, 0) is 4.79 Å². The maximum atomic E-state index is 13.3. The van der Waals surface area contributed by atoms with Gasteiger partial charge < -0.3 is 14.8 Å². The number of halogens is 1. The minimum atomic E-state index is -0.507. The van der Waals surface area contributed by atoms with Crippen LogP contribution in [0.25, 0.3) is 0 Å². The Kier molecular flexibility index (Phi) is 6.59. The van der Waals surface area contributed by atoms with Gasteiger partial charge in [-0.3, -0.25) is 9.78 Å². The lowest BCUT2D eigenvalue weighted by atomic mass is 10.3. The molecule has 0 atom stereocenters. The molecule has 0 bridgehead atoms. The molecule has 0 spiro atoms. The number of carbonyl (C=O) groups excluding carboxylic acids is 1. The molecule has 0 unspecified atom stereocenters. The monoisotopic (exact) mass is 328 g/mol. The third kappa shape index (κ3) is 5.97. The first-order chi connectivity index (χ1) is 11.6. The minimum absolute atomic E-state index is 0.0406. The number of ether oxygens (including phenoxy) is 2. The van der Waals surface area contributed by atoms with E-state index >= 15 is 0 Å². The summed E-state index contributed by atoms with van der Waals surface area (Å²) in [5, 5.41) is 2.55. The smallest absolute Gasteiger partial charge is 0.258 e. The highest BCUT2D eigenvalue weighted by Crippen LogP contribution is 2.14. The number of nitrogens with zero attached hydrogens (tertiary/aromatic N) is 1. The van der Waals surface area contributed by atoms with E-state index in [4.69, 9.17) is 9.47 Å². The van der Waals surface area contributed by atoms with E-state index in [1.165, 1.54) is 12.1 Å². The van der Waals surface area contributed by atoms with E-state index in [1.54, 1.807) is 18.3 Å². The van der Waals surface area contributed by atoms with Crippen LogP contribution in [0.2, 0.25) is 0 Å². The average Bonchev–Trinajstić information content (AvgIpc) is 2.59. The van der Waals surface area contributed by atoms with Crippen molar-refractivity contribution in [2.75, 3.05) is 19.8 Å². The van der Waals surface area contributed by atoms with Crippen LogP contribution in [0, 0.1) is 24.6 Å². The van der Waals surface area contributed by atoms with Gasteiger partial charge in [0.15, 0.2) is 18.2 Å². The van der Waals surface area contributed by atoms with Gasteiger partial charge in [0.2, 0.25) is 0 Å². The van der Waals surface area contributed by atoms with Crippen LogP contribution in [0.15, 0.2) is 42.6 Å². The van der Waals surface area contributed by atoms with Gasteiger partial charge in [0.05, 0.1) is 12.7 Å². The van der Waals surface area contributed by atoms with E-state index < -0.39 is 5.82 Å². The molecule has 0 aliphatic rings.